The number of aromatic amines is 1. The first-order valence-corrected chi connectivity index (χ1v) is 6.23. The molecule has 0 aliphatic carbocycles. The van der Waals surface area contributed by atoms with Crippen molar-refractivity contribution >= 4 is 17.5 Å². The molecule has 100 valence electrons. The molecular weight excluding hydrogens is 240 g/mol. The van der Waals surface area contributed by atoms with Crippen molar-refractivity contribution in [2.24, 2.45) is 0 Å². The first-order chi connectivity index (χ1) is 9.01. The number of aryl methyl sites for hydroxylation is 2. The number of nitrogens with two attached hydrogens (primary N) is 1. The first-order valence-electron chi connectivity index (χ1n) is 6.23. The lowest BCUT2D eigenvalue weighted by Gasteiger charge is -2.22. The zero-order valence-corrected chi connectivity index (χ0v) is 11.4. The van der Waals surface area contributed by atoms with Crippen LogP contribution in [0.5, 0.6) is 0 Å². The zero-order valence-electron chi connectivity index (χ0n) is 11.4. The number of rotatable bonds is 3. The normalized spacial score (nSPS) is 10.5. The van der Waals surface area contributed by atoms with Crippen molar-refractivity contribution in [3.05, 3.63) is 45.7 Å². The summed E-state index contributed by atoms with van der Waals surface area (Å²) < 4.78 is 0. The molecular formula is C14H18N4O. The van der Waals surface area contributed by atoms with Gasteiger partial charge in [0.2, 0.25) is 5.95 Å². The highest BCUT2D eigenvalue weighted by atomic mass is 16.1. The van der Waals surface area contributed by atoms with Crippen LogP contribution in [0.1, 0.15) is 18.1 Å². The Morgan fingerprint density at radius 3 is 2.58 bits per heavy atom. The van der Waals surface area contributed by atoms with E-state index >= 15 is 0 Å². The van der Waals surface area contributed by atoms with Gasteiger partial charge < -0.3 is 10.6 Å². The Labute approximate surface area is 112 Å². The lowest BCUT2D eigenvalue weighted by Crippen LogP contribution is -2.21. The lowest BCUT2D eigenvalue weighted by atomic mass is 10.1. The quantitative estimate of drug-likeness (QED) is 0.884. The SMILES string of the molecule is CCN(c1ccc(C)c(C)c1)c1cc(=O)[nH]c(N)n1. The molecule has 2 rings (SSSR count). The molecule has 1 aromatic heterocycles. The minimum absolute atomic E-state index is 0.129. The molecule has 0 aliphatic rings. The smallest absolute Gasteiger partial charge is 0.254 e. The first kappa shape index (κ1) is 13.1. The number of anilines is 3. The number of H-pyrrole nitrogens is 1. The van der Waals surface area contributed by atoms with E-state index in [1.165, 1.54) is 17.2 Å². The van der Waals surface area contributed by atoms with Crippen LogP contribution in [-0.4, -0.2) is 16.5 Å². The Balaban J connectivity index is 2.49. The number of nitrogens with one attached hydrogen (secondary N) is 1. The van der Waals surface area contributed by atoms with Crippen molar-refractivity contribution in [2.45, 2.75) is 20.8 Å². The predicted molar refractivity (Wildman–Crippen MR) is 77.9 cm³/mol. The summed E-state index contributed by atoms with van der Waals surface area (Å²) in [7, 11) is 0. The fraction of sp³-hybridized carbons (Fsp3) is 0.286. The Bertz CT molecular complexity index is 648. The number of nitrogens with zero attached hydrogens (tertiary/aromatic N) is 2. The molecule has 0 bridgehead atoms. The zero-order chi connectivity index (χ0) is 14.0. The summed E-state index contributed by atoms with van der Waals surface area (Å²) in [5.74, 6) is 0.691. The summed E-state index contributed by atoms with van der Waals surface area (Å²) in [6.07, 6.45) is 0. The minimum atomic E-state index is -0.246. The summed E-state index contributed by atoms with van der Waals surface area (Å²) >= 11 is 0. The third-order valence-corrected chi connectivity index (χ3v) is 3.14. The van der Waals surface area contributed by atoms with Crippen molar-refractivity contribution < 1.29 is 0 Å². The van der Waals surface area contributed by atoms with Crippen molar-refractivity contribution in [3.8, 4) is 0 Å². The predicted octanol–water partition coefficient (Wildman–Crippen LogP) is 2.13. The molecule has 0 fully saturated rings. The summed E-state index contributed by atoms with van der Waals surface area (Å²) in [5.41, 5.74) is 8.78. The van der Waals surface area contributed by atoms with Crippen LogP contribution in [0.15, 0.2) is 29.1 Å². The second kappa shape index (κ2) is 5.14. The minimum Gasteiger partial charge on any atom is -0.369 e. The maximum absolute atomic E-state index is 11.5. The van der Waals surface area contributed by atoms with Crippen molar-refractivity contribution in [1.82, 2.24) is 9.97 Å². The van der Waals surface area contributed by atoms with E-state index in [0.29, 0.717) is 12.4 Å². The maximum atomic E-state index is 11.5. The van der Waals surface area contributed by atoms with Crippen LogP contribution in [0.4, 0.5) is 17.5 Å². The number of hydrogen-bond donors (Lipinski definition) is 2. The van der Waals surface area contributed by atoms with Gasteiger partial charge in [-0.3, -0.25) is 9.78 Å². The van der Waals surface area contributed by atoms with Gasteiger partial charge in [0, 0.05) is 18.3 Å². The van der Waals surface area contributed by atoms with Gasteiger partial charge in [0.05, 0.1) is 0 Å². The van der Waals surface area contributed by atoms with Gasteiger partial charge >= 0.3 is 0 Å². The number of hydrogen-bond acceptors (Lipinski definition) is 4. The summed E-state index contributed by atoms with van der Waals surface area (Å²) in [4.78, 5) is 20.1. The van der Waals surface area contributed by atoms with Crippen molar-refractivity contribution in [3.63, 3.8) is 0 Å². The number of benzene rings is 1. The Morgan fingerprint density at radius 1 is 1.26 bits per heavy atom. The van der Waals surface area contributed by atoms with Crippen LogP contribution in [0.25, 0.3) is 0 Å². The van der Waals surface area contributed by atoms with Gasteiger partial charge in [-0.15, -0.1) is 0 Å². The fourth-order valence-electron chi connectivity index (χ4n) is 1.97. The van der Waals surface area contributed by atoms with Crippen molar-refractivity contribution in [2.75, 3.05) is 17.2 Å². The van der Waals surface area contributed by atoms with E-state index in [9.17, 15) is 4.79 Å². The topological polar surface area (TPSA) is 75.0 Å². The highest BCUT2D eigenvalue weighted by Gasteiger charge is 2.11. The molecule has 3 N–H and O–H groups in total. The molecule has 0 unspecified atom stereocenters. The Morgan fingerprint density at radius 2 is 2.00 bits per heavy atom. The van der Waals surface area contributed by atoms with E-state index in [1.54, 1.807) is 0 Å². The largest absolute Gasteiger partial charge is 0.369 e. The Kier molecular flexibility index (Phi) is 3.55. The van der Waals surface area contributed by atoms with Gasteiger partial charge in [0.25, 0.3) is 5.56 Å². The monoisotopic (exact) mass is 258 g/mol. The molecule has 0 aliphatic heterocycles. The van der Waals surface area contributed by atoms with Crippen LogP contribution in [0.3, 0.4) is 0 Å². The maximum Gasteiger partial charge on any atom is 0.254 e. The average Bonchev–Trinajstić information content (AvgIpc) is 2.33. The van der Waals surface area contributed by atoms with Crippen LogP contribution < -0.4 is 16.2 Å². The molecule has 1 heterocycles. The van der Waals surface area contributed by atoms with Crippen LogP contribution in [-0.2, 0) is 0 Å². The third kappa shape index (κ3) is 2.76. The highest BCUT2D eigenvalue weighted by molar-refractivity contribution is 5.61. The molecule has 5 nitrogen and oxygen atoms in total. The van der Waals surface area contributed by atoms with Gasteiger partial charge in [-0.1, -0.05) is 6.07 Å². The molecule has 0 spiro atoms. The molecule has 19 heavy (non-hydrogen) atoms. The van der Waals surface area contributed by atoms with E-state index in [0.717, 1.165) is 5.69 Å². The fourth-order valence-corrected chi connectivity index (χ4v) is 1.97. The van der Waals surface area contributed by atoms with E-state index in [1.807, 2.05) is 17.9 Å². The standard InChI is InChI=1S/C14H18N4O/c1-4-18(11-6-5-9(2)10(3)7-11)12-8-13(19)17-14(15)16-12/h5-8H,4H2,1-3H3,(H3,15,16,17,19). The second-order valence-electron chi connectivity index (χ2n) is 4.50. The average molecular weight is 258 g/mol. The number of nitrogen functional groups attached to an aromatic ring is 1. The van der Waals surface area contributed by atoms with Gasteiger partial charge in [-0.05, 0) is 44.0 Å². The third-order valence-electron chi connectivity index (χ3n) is 3.14. The van der Waals surface area contributed by atoms with Crippen molar-refractivity contribution in [1.29, 1.82) is 0 Å². The Hall–Kier alpha value is -2.30. The molecule has 0 saturated carbocycles. The molecule has 0 atom stereocenters. The lowest BCUT2D eigenvalue weighted by molar-refractivity contribution is 0.971. The van der Waals surface area contributed by atoms with E-state index in [4.69, 9.17) is 5.73 Å². The van der Waals surface area contributed by atoms with Crippen LogP contribution in [0, 0.1) is 13.8 Å². The second-order valence-corrected chi connectivity index (χ2v) is 4.50. The molecule has 1 aromatic carbocycles. The molecule has 0 radical (unpaired) electrons. The number of aromatic nitrogens is 2. The highest BCUT2D eigenvalue weighted by Crippen LogP contribution is 2.24. The molecule has 0 saturated heterocycles. The van der Waals surface area contributed by atoms with Gasteiger partial charge in [-0.2, -0.15) is 4.98 Å². The van der Waals surface area contributed by atoms with E-state index in [2.05, 4.69) is 35.9 Å². The van der Waals surface area contributed by atoms with E-state index < -0.39 is 0 Å². The van der Waals surface area contributed by atoms with Gasteiger partial charge in [0.1, 0.15) is 5.82 Å². The molecule has 5 heteroatoms. The van der Waals surface area contributed by atoms with E-state index in [-0.39, 0.29) is 11.5 Å². The van der Waals surface area contributed by atoms with Crippen LogP contribution in [0.2, 0.25) is 0 Å². The van der Waals surface area contributed by atoms with Gasteiger partial charge in [0.15, 0.2) is 0 Å². The molecule has 2 aromatic rings. The van der Waals surface area contributed by atoms with Gasteiger partial charge in [-0.25, -0.2) is 0 Å². The summed E-state index contributed by atoms with van der Waals surface area (Å²) in [5, 5.41) is 0. The molecule has 0 amide bonds. The van der Waals surface area contributed by atoms with Crippen LogP contribution >= 0.6 is 0 Å². The summed E-state index contributed by atoms with van der Waals surface area (Å²) in [6, 6.07) is 7.61. The summed E-state index contributed by atoms with van der Waals surface area (Å²) in [6.45, 7) is 6.85.